The number of hydrogen-bond donors (Lipinski definition) is 0. The molecule has 19 heavy (non-hydrogen) atoms. The minimum atomic E-state index is -0.462. The van der Waals surface area contributed by atoms with Gasteiger partial charge in [-0.1, -0.05) is 11.8 Å². The fourth-order valence-electron chi connectivity index (χ4n) is 1.48. The number of benzene rings is 1. The molecule has 1 aromatic carbocycles. The van der Waals surface area contributed by atoms with Gasteiger partial charge < -0.3 is 4.74 Å². The lowest BCUT2D eigenvalue weighted by atomic mass is 10.1. The van der Waals surface area contributed by atoms with E-state index in [4.69, 9.17) is 4.74 Å². The highest BCUT2D eigenvalue weighted by atomic mass is 32.2. The lowest BCUT2D eigenvalue weighted by Crippen LogP contribution is -2.05. The second kappa shape index (κ2) is 6.29. The number of aromatic nitrogens is 2. The van der Waals surface area contributed by atoms with Crippen LogP contribution in [0.15, 0.2) is 41.8 Å². The molecule has 4 nitrogen and oxygen atoms in total. The van der Waals surface area contributed by atoms with Gasteiger partial charge in [0.2, 0.25) is 0 Å². The molecule has 0 fully saturated rings. The van der Waals surface area contributed by atoms with Crippen LogP contribution in [0.4, 0.5) is 4.39 Å². The van der Waals surface area contributed by atoms with Crippen molar-refractivity contribution in [1.29, 1.82) is 0 Å². The summed E-state index contributed by atoms with van der Waals surface area (Å²) in [5, 5.41) is 0.693. The number of halogens is 1. The van der Waals surface area contributed by atoms with Gasteiger partial charge in [-0.3, -0.25) is 4.79 Å². The SMILES string of the molecule is COc1ccc(F)cc1C(=O)CSc1ccncn1. The zero-order valence-corrected chi connectivity index (χ0v) is 11.0. The van der Waals surface area contributed by atoms with E-state index in [-0.39, 0.29) is 17.1 Å². The highest BCUT2D eigenvalue weighted by Gasteiger charge is 2.14. The molecule has 0 atom stereocenters. The molecule has 0 spiro atoms. The first-order valence-electron chi connectivity index (χ1n) is 5.46. The van der Waals surface area contributed by atoms with Crippen molar-refractivity contribution >= 4 is 17.5 Å². The average Bonchev–Trinajstić information content (AvgIpc) is 2.46. The van der Waals surface area contributed by atoms with Gasteiger partial charge in [0.25, 0.3) is 0 Å². The molecule has 0 bridgehead atoms. The van der Waals surface area contributed by atoms with Crippen molar-refractivity contribution in [3.05, 3.63) is 48.2 Å². The number of thioether (sulfide) groups is 1. The van der Waals surface area contributed by atoms with Gasteiger partial charge >= 0.3 is 0 Å². The molecule has 2 rings (SSSR count). The summed E-state index contributed by atoms with van der Waals surface area (Å²) < 4.78 is 18.2. The van der Waals surface area contributed by atoms with E-state index in [0.717, 1.165) is 0 Å². The third-order valence-electron chi connectivity index (χ3n) is 2.37. The number of hydrogen-bond acceptors (Lipinski definition) is 5. The summed E-state index contributed by atoms with van der Waals surface area (Å²) in [6.07, 6.45) is 3.01. The third kappa shape index (κ3) is 3.51. The monoisotopic (exact) mass is 278 g/mol. The fourth-order valence-corrected chi connectivity index (χ4v) is 2.19. The first kappa shape index (κ1) is 13.5. The van der Waals surface area contributed by atoms with Crippen LogP contribution in [0.1, 0.15) is 10.4 Å². The number of methoxy groups -OCH3 is 1. The first-order chi connectivity index (χ1) is 9.20. The topological polar surface area (TPSA) is 52.1 Å². The summed E-state index contributed by atoms with van der Waals surface area (Å²) in [5.41, 5.74) is 0.240. The molecule has 1 heterocycles. The Labute approximate surface area is 114 Å². The minimum absolute atomic E-state index is 0.164. The van der Waals surface area contributed by atoms with E-state index in [2.05, 4.69) is 9.97 Å². The Kier molecular flexibility index (Phi) is 4.46. The zero-order valence-electron chi connectivity index (χ0n) is 10.2. The van der Waals surface area contributed by atoms with Gasteiger partial charge in [0.15, 0.2) is 5.78 Å². The molecule has 0 saturated heterocycles. The summed E-state index contributed by atoms with van der Waals surface area (Å²) in [6, 6.07) is 5.59. The number of ketones is 1. The van der Waals surface area contributed by atoms with E-state index in [1.807, 2.05) is 0 Å². The normalized spacial score (nSPS) is 10.2. The molecular formula is C13H11FN2O2S. The molecule has 2 aromatic rings. The predicted octanol–water partition coefficient (Wildman–Crippen LogP) is 2.60. The van der Waals surface area contributed by atoms with Crippen LogP contribution in [0.3, 0.4) is 0 Å². The molecule has 0 N–H and O–H groups in total. The Morgan fingerprint density at radius 2 is 2.26 bits per heavy atom. The minimum Gasteiger partial charge on any atom is -0.496 e. The van der Waals surface area contributed by atoms with Crippen LogP contribution >= 0.6 is 11.8 Å². The van der Waals surface area contributed by atoms with E-state index in [1.165, 1.54) is 43.4 Å². The quantitative estimate of drug-likeness (QED) is 0.478. The molecule has 6 heteroatoms. The Morgan fingerprint density at radius 3 is 2.95 bits per heavy atom. The molecule has 1 aromatic heterocycles. The van der Waals surface area contributed by atoms with Gasteiger partial charge in [0, 0.05) is 6.20 Å². The van der Waals surface area contributed by atoms with Gasteiger partial charge in [-0.05, 0) is 24.3 Å². The largest absolute Gasteiger partial charge is 0.496 e. The number of Topliss-reactive ketones (excluding diaryl/α,β-unsaturated/α-hetero) is 1. The Morgan fingerprint density at radius 1 is 1.42 bits per heavy atom. The summed E-state index contributed by atoms with van der Waals surface area (Å²) >= 11 is 1.27. The Balaban J connectivity index is 2.10. The molecule has 0 aliphatic carbocycles. The van der Waals surface area contributed by atoms with E-state index in [0.29, 0.717) is 10.8 Å². The lowest BCUT2D eigenvalue weighted by Gasteiger charge is -2.07. The number of ether oxygens (including phenoxy) is 1. The summed E-state index contributed by atoms with van der Waals surface area (Å²) in [4.78, 5) is 19.8. The van der Waals surface area contributed by atoms with Gasteiger partial charge in [-0.25, -0.2) is 14.4 Å². The molecular weight excluding hydrogens is 267 g/mol. The van der Waals surface area contributed by atoms with Crippen molar-refractivity contribution in [2.24, 2.45) is 0 Å². The van der Waals surface area contributed by atoms with Crippen molar-refractivity contribution in [3.8, 4) is 5.75 Å². The van der Waals surface area contributed by atoms with Crippen LogP contribution in [0.5, 0.6) is 5.75 Å². The lowest BCUT2D eigenvalue weighted by molar-refractivity contribution is 0.101. The number of rotatable bonds is 5. The van der Waals surface area contributed by atoms with Crippen molar-refractivity contribution in [2.75, 3.05) is 12.9 Å². The van der Waals surface area contributed by atoms with Gasteiger partial charge in [-0.2, -0.15) is 0 Å². The number of carbonyl (C=O) groups is 1. The molecule has 98 valence electrons. The summed E-state index contributed by atoms with van der Waals surface area (Å²) in [6.45, 7) is 0. The van der Waals surface area contributed by atoms with E-state index in [9.17, 15) is 9.18 Å². The van der Waals surface area contributed by atoms with Crippen molar-refractivity contribution in [3.63, 3.8) is 0 Å². The van der Waals surface area contributed by atoms with Crippen molar-refractivity contribution in [2.45, 2.75) is 5.03 Å². The smallest absolute Gasteiger partial charge is 0.176 e. The molecule has 0 aliphatic heterocycles. The van der Waals surface area contributed by atoms with E-state index < -0.39 is 5.82 Å². The van der Waals surface area contributed by atoms with Crippen LogP contribution in [0.25, 0.3) is 0 Å². The zero-order chi connectivity index (χ0) is 13.7. The summed E-state index contributed by atoms with van der Waals surface area (Å²) in [5.74, 6) is -0.137. The highest BCUT2D eigenvalue weighted by molar-refractivity contribution is 7.99. The van der Waals surface area contributed by atoms with Crippen LogP contribution in [0.2, 0.25) is 0 Å². The standard InChI is InChI=1S/C13H11FN2O2S/c1-18-12-3-2-9(14)6-10(12)11(17)7-19-13-4-5-15-8-16-13/h2-6,8H,7H2,1H3. The maximum Gasteiger partial charge on any atom is 0.176 e. The van der Waals surface area contributed by atoms with Crippen LogP contribution in [0, 0.1) is 5.82 Å². The molecule has 0 unspecified atom stereocenters. The van der Waals surface area contributed by atoms with E-state index >= 15 is 0 Å². The average molecular weight is 278 g/mol. The van der Waals surface area contributed by atoms with Crippen molar-refractivity contribution < 1.29 is 13.9 Å². The van der Waals surface area contributed by atoms with E-state index in [1.54, 1.807) is 12.3 Å². The molecule has 0 radical (unpaired) electrons. The maximum atomic E-state index is 13.2. The van der Waals surface area contributed by atoms with Crippen molar-refractivity contribution in [1.82, 2.24) is 9.97 Å². The van der Waals surface area contributed by atoms with Crippen LogP contribution < -0.4 is 4.74 Å². The number of carbonyl (C=O) groups excluding carboxylic acids is 1. The van der Waals surface area contributed by atoms with Gasteiger partial charge in [0.1, 0.15) is 17.9 Å². The maximum absolute atomic E-state index is 13.2. The highest BCUT2D eigenvalue weighted by Crippen LogP contribution is 2.23. The molecule has 0 amide bonds. The van der Waals surface area contributed by atoms with Crippen LogP contribution in [-0.4, -0.2) is 28.6 Å². The Hall–Kier alpha value is -1.95. The van der Waals surface area contributed by atoms with Crippen LogP contribution in [-0.2, 0) is 0 Å². The molecule has 0 saturated carbocycles. The van der Waals surface area contributed by atoms with Gasteiger partial charge in [-0.15, -0.1) is 0 Å². The summed E-state index contributed by atoms with van der Waals surface area (Å²) in [7, 11) is 1.45. The fraction of sp³-hybridized carbons (Fsp3) is 0.154. The molecule has 0 aliphatic rings. The predicted molar refractivity (Wildman–Crippen MR) is 70.0 cm³/mol. The third-order valence-corrected chi connectivity index (χ3v) is 3.31. The second-order valence-electron chi connectivity index (χ2n) is 3.60. The first-order valence-corrected chi connectivity index (χ1v) is 6.45. The second-order valence-corrected chi connectivity index (χ2v) is 4.60. The Bertz CT molecular complexity index is 578. The van der Waals surface area contributed by atoms with Gasteiger partial charge in [0.05, 0.1) is 23.5 Å². The number of nitrogens with zero attached hydrogens (tertiary/aromatic N) is 2.